The summed E-state index contributed by atoms with van der Waals surface area (Å²) in [6.07, 6.45) is 1.85. The van der Waals surface area contributed by atoms with Gasteiger partial charge in [0.15, 0.2) is 11.1 Å². The van der Waals surface area contributed by atoms with Crippen LogP contribution in [0.25, 0.3) is 0 Å². The molecule has 120 valence electrons. The third kappa shape index (κ3) is 4.11. The summed E-state index contributed by atoms with van der Waals surface area (Å²) in [4.78, 5) is 14.6. The van der Waals surface area contributed by atoms with Crippen LogP contribution in [-0.4, -0.2) is 42.0 Å². The highest BCUT2D eigenvalue weighted by Gasteiger charge is 2.19. The molecule has 8 heteroatoms. The van der Waals surface area contributed by atoms with Gasteiger partial charge in [0.2, 0.25) is 0 Å². The number of rotatable bonds is 3. The normalized spacial score (nSPS) is 15.8. The minimum Gasteiger partial charge on any atom is -0.370 e. The second-order valence-corrected chi connectivity index (χ2v) is 6.86. The largest absolute Gasteiger partial charge is 0.370 e. The third-order valence-corrected chi connectivity index (χ3v) is 5.49. The molecule has 1 fully saturated rings. The first-order valence-corrected chi connectivity index (χ1v) is 8.72. The molecule has 0 radical (unpaired) electrons. The maximum absolute atomic E-state index is 6.13. The van der Waals surface area contributed by atoms with Gasteiger partial charge in [-0.25, -0.2) is 9.98 Å². The van der Waals surface area contributed by atoms with E-state index in [-0.39, 0.29) is 24.0 Å². The van der Waals surface area contributed by atoms with Crippen molar-refractivity contribution in [2.75, 3.05) is 31.1 Å². The van der Waals surface area contributed by atoms with Crippen molar-refractivity contribution in [2.24, 2.45) is 10.7 Å². The first-order valence-electron chi connectivity index (χ1n) is 6.96. The smallest absolute Gasteiger partial charge is 0.191 e. The molecule has 2 N–H and O–H groups in total. The number of nitrogens with zero attached hydrogens (tertiary/aromatic N) is 4. The number of thiophene rings is 1. The van der Waals surface area contributed by atoms with Crippen LogP contribution in [0.5, 0.6) is 0 Å². The van der Waals surface area contributed by atoms with E-state index in [2.05, 4.69) is 38.1 Å². The van der Waals surface area contributed by atoms with Gasteiger partial charge in [-0.15, -0.1) is 46.7 Å². The lowest BCUT2D eigenvalue weighted by atomic mass is 10.3. The highest BCUT2D eigenvalue weighted by Crippen LogP contribution is 2.19. The molecule has 2 aromatic rings. The van der Waals surface area contributed by atoms with Crippen LogP contribution < -0.4 is 10.6 Å². The number of guanidine groups is 1. The minimum absolute atomic E-state index is 0. The number of hydrogen-bond acceptors (Lipinski definition) is 5. The van der Waals surface area contributed by atoms with E-state index in [9.17, 15) is 0 Å². The number of hydrogen-bond donors (Lipinski definition) is 1. The van der Waals surface area contributed by atoms with Crippen molar-refractivity contribution >= 4 is 57.7 Å². The van der Waals surface area contributed by atoms with E-state index in [1.165, 1.54) is 10.4 Å². The average Bonchev–Trinajstić information content (AvgIpc) is 3.17. The Morgan fingerprint density at radius 1 is 1.27 bits per heavy atom. The molecule has 0 bridgehead atoms. The van der Waals surface area contributed by atoms with Gasteiger partial charge in [-0.1, -0.05) is 0 Å². The maximum Gasteiger partial charge on any atom is 0.191 e. The number of halogens is 1. The van der Waals surface area contributed by atoms with Crippen molar-refractivity contribution in [3.8, 4) is 0 Å². The summed E-state index contributed by atoms with van der Waals surface area (Å²) >= 11 is 3.43. The molecule has 0 unspecified atom stereocenters. The van der Waals surface area contributed by atoms with Gasteiger partial charge < -0.3 is 15.5 Å². The van der Waals surface area contributed by atoms with Crippen molar-refractivity contribution in [1.29, 1.82) is 0 Å². The third-order valence-electron chi connectivity index (χ3n) is 3.65. The van der Waals surface area contributed by atoms with Crippen molar-refractivity contribution in [2.45, 2.75) is 13.5 Å². The summed E-state index contributed by atoms with van der Waals surface area (Å²) in [7, 11) is 0. The molecule has 1 aliphatic heterocycles. The van der Waals surface area contributed by atoms with E-state index < -0.39 is 0 Å². The summed E-state index contributed by atoms with van der Waals surface area (Å²) in [6.45, 7) is 6.49. The van der Waals surface area contributed by atoms with Crippen LogP contribution in [0.2, 0.25) is 0 Å². The average molecular weight is 449 g/mol. The molecular formula is C14H20IN5S2. The molecule has 1 aliphatic rings. The molecule has 0 atom stereocenters. The monoisotopic (exact) mass is 449 g/mol. The number of aryl methyl sites for hydroxylation is 1. The molecule has 0 aromatic carbocycles. The number of piperazine rings is 1. The Kier molecular flexibility index (Phi) is 6.45. The summed E-state index contributed by atoms with van der Waals surface area (Å²) in [6, 6.07) is 2.12. The Bertz CT molecular complexity index is 603. The Balaban J connectivity index is 0.00000176. The number of aromatic nitrogens is 1. The quantitative estimate of drug-likeness (QED) is 0.445. The fraction of sp³-hybridized carbons (Fsp3) is 0.429. The Labute approximate surface area is 155 Å². The topological polar surface area (TPSA) is 57.8 Å². The van der Waals surface area contributed by atoms with E-state index in [1.807, 2.05) is 11.6 Å². The van der Waals surface area contributed by atoms with Gasteiger partial charge in [0.05, 0.1) is 6.54 Å². The summed E-state index contributed by atoms with van der Waals surface area (Å²) in [5.41, 5.74) is 7.42. The molecule has 0 aliphatic carbocycles. The van der Waals surface area contributed by atoms with Crippen LogP contribution in [-0.2, 0) is 6.54 Å². The molecule has 5 nitrogen and oxygen atoms in total. The van der Waals surface area contributed by atoms with Crippen LogP contribution in [0.15, 0.2) is 28.0 Å². The molecule has 0 amide bonds. The van der Waals surface area contributed by atoms with E-state index >= 15 is 0 Å². The molecule has 3 heterocycles. The van der Waals surface area contributed by atoms with E-state index in [0.29, 0.717) is 12.5 Å². The summed E-state index contributed by atoms with van der Waals surface area (Å²) < 4.78 is 0. The highest BCUT2D eigenvalue weighted by molar-refractivity contribution is 14.0. The number of nitrogens with two attached hydrogens (primary N) is 1. The lowest BCUT2D eigenvalue weighted by Gasteiger charge is -2.35. The van der Waals surface area contributed by atoms with Crippen LogP contribution >= 0.6 is 46.7 Å². The van der Waals surface area contributed by atoms with E-state index in [0.717, 1.165) is 31.3 Å². The second-order valence-electron chi connectivity index (χ2n) is 4.99. The van der Waals surface area contributed by atoms with Gasteiger partial charge in [0.1, 0.15) is 0 Å². The lowest BCUT2D eigenvalue weighted by molar-refractivity contribution is 0.380. The van der Waals surface area contributed by atoms with Gasteiger partial charge in [0.25, 0.3) is 0 Å². The molecule has 1 saturated heterocycles. The van der Waals surface area contributed by atoms with Crippen molar-refractivity contribution in [3.63, 3.8) is 0 Å². The Hall–Kier alpha value is -0.870. The number of thiazole rings is 1. The molecular weight excluding hydrogens is 429 g/mol. The van der Waals surface area contributed by atoms with E-state index in [4.69, 9.17) is 5.73 Å². The molecule has 3 rings (SSSR count). The minimum atomic E-state index is 0. The van der Waals surface area contributed by atoms with Crippen LogP contribution in [0.3, 0.4) is 0 Å². The standard InChI is InChI=1S/C14H19N5S2.HI/c1-11-2-8-20-12(11)10-17-13(15)18-4-6-19(7-5-18)14-16-3-9-21-14;/h2-3,8-9H,4-7,10H2,1H3,(H2,15,17);1H. The first kappa shape index (κ1) is 17.5. The lowest BCUT2D eigenvalue weighted by Crippen LogP contribution is -2.51. The van der Waals surface area contributed by atoms with Gasteiger partial charge in [-0.2, -0.15) is 0 Å². The summed E-state index contributed by atoms with van der Waals surface area (Å²) in [5, 5.41) is 5.21. The highest BCUT2D eigenvalue weighted by atomic mass is 127. The van der Waals surface area contributed by atoms with Crippen LogP contribution in [0, 0.1) is 6.92 Å². The maximum atomic E-state index is 6.13. The van der Waals surface area contributed by atoms with Crippen LogP contribution in [0.1, 0.15) is 10.4 Å². The first-order chi connectivity index (χ1) is 10.2. The Morgan fingerprint density at radius 3 is 2.64 bits per heavy atom. The van der Waals surface area contributed by atoms with Gasteiger partial charge in [-0.05, 0) is 23.9 Å². The molecule has 0 spiro atoms. The Morgan fingerprint density at radius 2 is 2.05 bits per heavy atom. The number of anilines is 1. The van der Waals surface area contributed by atoms with Gasteiger partial charge in [0, 0.05) is 42.6 Å². The molecule has 0 saturated carbocycles. The second kappa shape index (κ2) is 8.11. The zero-order chi connectivity index (χ0) is 14.7. The van der Waals surface area contributed by atoms with Crippen molar-refractivity contribution < 1.29 is 0 Å². The predicted octanol–water partition coefficient (Wildman–Crippen LogP) is 2.77. The predicted molar refractivity (Wildman–Crippen MR) is 106 cm³/mol. The number of aliphatic imine (C=N–C) groups is 1. The SMILES string of the molecule is Cc1ccsc1CN=C(N)N1CCN(c2nccs2)CC1.I. The fourth-order valence-electron chi connectivity index (χ4n) is 2.32. The zero-order valence-corrected chi connectivity index (χ0v) is 16.4. The van der Waals surface area contributed by atoms with Crippen LogP contribution in [0.4, 0.5) is 5.13 Å². The van der Waals surface area contributed by atoms with Gasteiger partial charge >= 0.3 is 0 Å². The van der Waals surface area contributed by atoms with E-state index in [1.54, 1.807) is 22.7 Å². The van der Waals surface area contributed by atoms with Gasteiger partial charge in [-0.3, -0.25) is 0 Å². The molecule has 22 heavy (non-hydrogen) atoms. The van der Waals surface area contributed by atoms with Crippen molar-refractivity contribution in [3.05, 3.63) is 33.5 Å². The summed E-state index contributed by atoms with van der Waals surface area (Å²) in [5.74, 6) is 0.654. The van der Waals surface area contributed by atoms with Crippen molar-refractivity contribution in [1.82, 2.24) is 9.88 Å². The molecule has 2 aromatic heterocycles. The zero-order valence-electron chi connectivity index (χ0n) is 12.4. The fourth-order valence-corrected chi connectivity index (χ4v) is 3.84.